The van der Waals surface area contributed by atoms with Crippen molar-refractivity contribution >= 4 is 169 Å². The molecular formula is C72H120N18O15S6. The molecule has 6 atom stereocenters. The number of likely N-dealkylation sites (tertiary alicyclic amines) is 2. The number of amides is 14. The van der Waals surface area contributed by atoms with Crippen LogP contribution in [0.15, 0.2) is 60.9 Å². The predicted molar refractivity (Wildman–Crippen MR) is 449 cm³/mol. The van der Waals surface area contributed by atoms with Crippen molar-refractivity contribution in [1.82, 2.24) is 71.7 Å². The van der Waals surface area contributed by atoms with E-state index in [9.17, 15) is 67.4 Å². The normalized spacial score (nSPS) is 13.8. The van der Waals surface area contributed by atoms with Gasteiger partial charge in [0.1, 0.15) is 42.2 Å². The molecule has 0 saturated carbocycles. The first-order valence-electron chi connectivity index (χ1n) is 36.2. The first-order valence-corrected chi connectivity index (χ1v) is 36.2. The molecule has 2 saturated heterocycles. The average Bonchev–Trinajstić information content (AvgIpc) is 1.71. The van der Waals surface area contributed by atoms with E-state index < -0.39 is 54.3 Å². The lowest BCUT2D eigenvalue weighted by Gasteiger charge is -2.25. The molecule has 624 valence electrons. The highest BCUT2D eigenvalue weighted by Gasteiger charge is 2.34. The van der Waals surface area contributed by atoms with E-state index in [-0.39, 0.29) is 235 Å². The summed E-state index contributed by atoms with van der Waals surface area (Å²) < 4.78 is 7.88. The Kier molecular flexibility index (Phi) is 51.6. The molecule has 0 bridgehead atoms. The molecule has 2 aliphatic rings. The van der Waals surface area contributed by atoms with Crippen LogP contribution < -0.4 is 54.0 Å². The molecule has 111 heavy (non-hydrogen) atoms. The lowest BCUT2D eigenvalue weighted by atomic mass is 9.98. The number of nitrogens with zero attached hydrogens (tertiary/aromatic N) is 8. The number of aliphatic hydroxyl groups is 1. The second-order valence-electron chi connectivity index (χ2n) is 27.9. The van der Waals surface area contributed by atoms with Crippen molar-refractivity contribution in [3.63, 3.8) is 0 Å². The first-order chi connectivity index (χ1) is 49.9. The number of rotatable bonds is 43. The van der Waals surface area contributed by atoms with Gasteiger partial charge in [0, 0.05) is 83.0 Å². The molecule has 2 aromatic carbocycles. The lowest BCUT2D eigenvalue weighted by molar-refractivity contribution is -0.142. The first kappa shape index (κ1) is 105. The summed E-state index contributed by atoms with van der Waals surface area (Å²) in [5.74, 6) is -3.09. The molecule has 0 unspecified atom stereocenters. The third-order valence-electron chi connectivity index (χ3n) is 17.4. The van der Waals surface area contributed by atoms with Crippen molar-refractivity contribution < 1.29 is 72.2 Å². The number of unbranched alkanes of at least 4 members (excludes halogenated alkanes) is 4. The highest BCUT2D eigenvalue weighted by atomic mass is 32.1. The summed E-state index contributed by atoms with van der Waals surface area (Å²) in [4.78, 5) is 164. The van der Waals surface area contributed by atoms with Gasteiger partial charge in [-0.2, -0.15) is 81.0 Å². The average molecular weight is 1670 g/mol. The summed E-state index contributed by atoms with van der Waals surface area (Å²) in [5, 5.41) is 49.1. The minimum atomic E-state index is -0.838. The predicted octanol–water partition coefficient (Wildman–Crippen LogP) is 6.15. The number of carbonyl (C=O) groups excluding carboxylic acids is 13. The van der Waals surface area contributed by atoms with Crippen LogP contribution in [0.5, 0.6) is 0 Å². The number of aliphatic hydroxyl groups excluding tert-OH is 1. The zero-order chi connectivity index (χ0) is 77.3. The number of imide groups is 2. The fourth-order valence-corrected chi connectivity index (χ4v) is 11.8. The molecule has 13 N–H and O–H groups in total. The van der Waals surface area contributed by atoms with Crippen molar-refractivity contribution in [1.29, 1.82) is 0 Å². The van der Waals surface area contributed by atoms with Gasteiger partial charge in [0.25, 0.3) is 0 Å². The number of ether oxygens (including phenoxy) is 1. The maximum Gasteiger partial charge on any atom is 0.312 e. The highest BCUT2D eigenvalue weighted by molar-refractivity contribution is 7.60. The Morgan fingerprint density at radius 2 is 0.829 bits per heavy atom. The van der Waals surface area contributed by atoms with Gasteiger partial charge in [-0.1, -0.05) is 103 Å². The minimum absolute atomic E-state index is 0. The standard InChI is InChI=1S/C37H55N9O8.C35H53N9O7.6H2S/c1-23(2)20-28(41-31(48)11-7-6-8-19-45-32(49)16-17-33(45)50)35(51)42-34(24(3)4)29-21-46(44-43-29)30(10-9-18-39-37(38)53)36(52)40-27-14-12-26(13-15-27)22-54-25(5)47;1-22(2)19-26(39-29(46)10-6-5-7-18-43-30(47)15-16-31(43)48)33(49)40-32(23(3)4)27-20-44(42-41-27)28(9-8-17-37-35(36)51)34(50)38-25-13-11-24(21-45)12-14-25;;;;;;/h12-15,21,23-24,28,30,34H,6-11,16-20,22H2,1-5H3,(H,40,52)(H,41,48)(H,42,51)(H3,38,39,53);11-14,20,22-23,26,28,32,45H,5-10,15-19,21H2,1-4H3,(H,38,50)(H,39,46)(H,40,49)(H3,36,37,51);6*1H2/t28-,30-,34-;26-,28-,32-;;;;;;/m00....../s1. The molecule has 4 aromatic rings. The van der Waals surface area contributed by atoms with E-state index in [0.717, 1.165) is 5.56 Å². The van der Waals surface area contributed by atoms with Crippen LogP contribution in [0, 0.1) is 23.7 Å². The van der Waals surface area contributed by atoms with Gasteiger partial charge in [-0.15, -0.1) is 10.2 Å². The van der Waals surface area contributed by atoms with Crippen LogP contribution in [0.4, 0.5) is 21.0 Å². The van der Waals surface area contributed by atoms with E-state index in [1.54, 1.807) is 60.9 Å². The molecule has 39 heteroatoms. The summed E-state index contributed by atoms with van der Waals surface area (Å²) in [6, 6.07) is 7.82. The zero-order valence-electron chi connectivity index (χ0n) is 64.9. The number of carbonyl (C=O) groups is 13. The summed E-state index contributed by atoms with van der Waals surface area (Å²) >= 11 is 0. The van der Waals surface area contributed by atoms with Crippen LogP contribution in [0.3, 0.4) is 0 Å². The van der Waals surface area contributed by atoms with Crippen LogP contribution in [-0.2, 0) is 70.7 Å². The Bertz CT molecular complexity index is 3560. The third kappa shape index (κ3) is 37.4. The number of benzene rings is 2. The van der Waals surface area contributed by atoms with Crippen LogP contribution in [-0.4, -0.2) is 160 Å². The molecular weight excluding hydrogens is 1550 g/mol. The SMILES string of the molecule is CC(=O)OCc1ccc(NC(=O)[C@H](CCCNC(N)=O)n2cc([C@@H](NC(=O)[C@H](CC(C)C)NC(=O)CCCCCN3C(=O)CCC3=O)C(C)C)nn2)cc1.CC(C)C[C@H](NC(=O)CCCCCN1C(=O)CCC1=O)C(=O)N[C@H](c1cn([C@@H](CCCNC(N)=O)C(=O)Nc2ccc(CO)cc2)nn1)C(C)C.S.S.S.S.S.S. The molecule has 2 aromatic heterocycles. The maximum atomic E-state index is 13.7. The van der Waals surface area contributed by atoms with Gasteiger partial charge >= 0.3 is 18.0 Å². The number of primary amides is 2. The van der Waals surface area contributed by atoms with Gasteiger partial charge in [0.05, 0.1) is 31.1 Å². The van der Waals surface area contributed by atoms with Crippen molar-refractivity contribution in [3.05, 3.63) is 83.4 Å². The number of hydrogen-bond donors (Lipinski definition) is 11. The van der Waals surface area contributed by atoms with Crippen LogP contribution >= 0.6 is 81.0 Å². The van der Waals surface area contributed by atoms with Crippen molar-refractivity contribution in [2.75, 3.05) is 36.8 Å². The van der Waals surface area contributed by atoms with E-state index in [4.69, 9.17) is 16.2 Å². The van der Waals surface area contributed by atoms with Crippen molar-refractivity contribution in [3.8, 4) is 0 Å². The summed E-state index contributed by atoms with van der Waals surface area (Å²) in [6.07, 6.45) is 10.5. The molecule has 2 aliphatic heterocycles. The second kappa shape index (κ2) is 54.5. The molecule has 33 nitrogen and oxygen atoms in total. The summed E-state index contributed by atoms with van der Waals surface area (Å²) in [5.41, 5.74) is 13.7. The number of hydrogen-bond acceptors (Lipinski definition) is 19. The van der Waals surface area contributed by atoms with Crippen LogP contribution in [0.1, 0.15) is 225 Å². The van der Waals surface area contributed by atoms with E-state index >= 15 is 0 Å². The van der Waals surface area contributed by atoms with E-state index in [2.05, 4.69) is 63.2 Å². The second-order valence-corrected chi connectivity index (χ2v) is 27.9. The van der Waals surface area contributed by atoms with Gasteiger partial charge in [0.2, 0.25) is 59.1 Å². The van der Waals surface area contributed by atoms with Gasteiger partial charge in [-0.05, 0) is 123 Å². The number of urea groups is 2. The fraction of sp³-hybridized carbons (Fsp3) is 0.597. The number of nitrogens with one attached hydrogen (secondary N) is 8. The summed E-state index contributed by atoms with van der Waals surface area (Å²) in [7, 11) is 0. The van der Waals surface area contributed by atoms with Crippen LogP contribution in [0.25, 0.3) is 0 Å². The number of nitrogens with two attached hydrogens (primary N) is 2. The Labute approximate surface area is 691 Å². The van der Waals surface area contributed by atoms with Gasteiger partial charge in [0.15, 0.2) is 0 Å². The molecule has 14 amide bonds. The lowest BCUT2D eigenvalue weighted by Crippen LogP contribution is -2.49. The van der Waals surface area contributed by atoms with Gasteiger partial charge < -0.3 is 63.8 Å². The maximum absolute atomic E-state index is 13.7. The van der Waals surface area contributed by atoms with Crippen molar-refractivity contribution in [2.24, 2.45) is 35.1 Å². The smallest absolute Gasteiger partial charge is 0.312 e. The fourth-order valence-electron chi connectivity index (χ4n) is 11.8. The monoisotopic (exact) mass is 1670 g/mol. The number of anilines is 2. The Morgan fingerprint density at radius 1 is 0.477 bits per heavy atom. The minimum Gasteiger partial charge on any atom is -0.461 e. The van der Waals surface area contributed by atoms with E-state index in [0.29, 0.717) is 112 Å². The largest absolute Gasteiger partial charge is 0.461 e. The number of aromatic nitrogens is 6. The Morgan fingerprint density at radius 3 is 1.14 bits per heavy atom. The molecule has 2 fully saturated rings. The van der Waals surface area contributed by atoms with Gasteiger partial charge in [-0.3, -0.25) is 62.5 Å². The molecule has 0 spiro atoms. The van der Waals surface area contributed by atoms with Gasteiger partial charge in [-0.25, -0.2) is 19.0 Å². The van der Waals surface area contributed by atoms with Crippen molar-refractivity contribution in [2.45, 2.75) is 227 Å². The molecule has 0 aliphatic carbocycles. The summed E-state index contributed by atoms with van der Waals surface area (Å²) in [6.45, 7) is 18.0. The number of esters is 1. The molecule has 0 radical (unpaired) electrons. The zero-order valence-corrected chi connectivity index (χ0v) is 70.9. The Hall–Kier alpha value is -8.11. The third-order valence-corrected chi connectivity index (χ3v) is 17.4. The highest BCUT2D eigenvalue weighted by Crippen LogP contribution is 2.27. The quantitative estimate of drug-likeness (QED) is 0.0134. The topological polar surface area (TPSA) is 468 Å². The molecule has 4 heterocycles. The van der Waals surface area contributed by atoms with E-state index in [1.807, 2.05) is 55.4 Å². The Balaban J connectivity index is 0. The van der Waals surface area contributed by atoms with Crippen LogP contribution in [0.2, 0.25) is 0 Å². The molecule has 6 rings (SSSR count). The van der Waals surface area contributed by atoms with E-state index in [1.165, 1.54) is 26.1 Å².